The van der Waals surface area contributed by atoms with E-state index in [1.54, 1.807) is 23.9 Å². The van der Waals surface area contributed by atoms with E-state index in [9.17, 15) is 4.39 Å². The Bertz CT molecular complexity index is 588. The number of benzene rings is 2. The van der Waals surface area contributed by atoms with Crippen LogP contribution in [0.25, 0.3) is 0 Å². The third-order valence-corrected chi connectivity index (χ3v) is 4.55. The van der Waals surface area contributed by atoms with Gasteiger partial charge >= 0.3 is 0 Å². The highest BCUT2D eigenvalue weighted by atomic mass is 79.9. The highest BCUT2D eigenvalue weighted by Gasteiger charge is 2.11. The van der Waals surface area contributed by atoms with Gasteiger partial charge in [-0.15, -0.1) is 0 Å². The molecule has 0 bridgehead atoms. The third-order valence-electron chi connectivity index (χ3n) is 2.97. The van der Waals surface area contributed by atoms with E-state index >= 15 is 0 Å². The molecule has 1 nitrogen and oxygen atoms in total. The summed E-state index contributed by atoms with van der Waals surface area (Å²) in [6.45, 7) is 5.15. The second kappa shape index (κ2) is 7.25. The molecule has 2 aromatic rings. The number of halogens is 2. The normalized spacial score (nSPS) is 12.4. The first kappa shape index (κ1) is 15.5. The molecule has 0 aromatic heterocycles. The largest absolute Gasteiger partial charge is 0.310 e. The van der Waals surface area contributed by atoms with Gasteiger partial charge in [0.1, 0.15) is 5.82 Å². The molecule has 106 valence electrons. The van der Waals surface area contributed by atoms with Gasteiger partial charge in [0.2, 0.25) is 0 Å². The fraction of sp³-hybridized carbons (Fsp3) is 0.250. The fourth-order valence-corrected chi connectivity index (χ4v) is 3.46. The Morgan fingerprint density at radius 2 is 2.05 bits per heavy atom. The van der Waals surface area contributed by atoms with Gasteiger partial charge in [-0.1, -0.05) is 40.7 Å². The van der Waals surface area contributed by atoms with Crippen molar-refractivity contribution in [3.63, 3.8) is 0 Å². The lowest BCUT2D eigenvalue weighted by atomic mass is 10.1. The van der Waals surface area contributed by atoms with Gasteiger partial charge in [-0.3, -0.25) is 0 Å². The molecule has 1 unspecified atom stereocenters. The highest BCUT2D eigenvalue weighted by molar-refractivity contribution is 9.10. The third kappa shape index (κ3) is 4.08. The van der Waals surface area contributed by atoms with Crippen molar-refractivity contribution in [1.82, 2.24) is 5.32 Å². The molecule has 1 atom stereocenters. The Morgan fingerprint density at radius 3 is 2.75 bits per heavy atom. The van der Waals surface area contributed by atoms with Gasteiger partial charge in [-0.25, -0.2) is 4.39 Å². The quantitative estimate of drug-likeness (QED) is 0.771. The first-order valence-electron chi connectivity index (χ1n) is 6.56. The van der Waals surface area contributed by atoms with Crippen LogP contribution in [0.4, 0.5) is 4.39 Å². The van der Waals surface area contributed by atoms with Crippen molar-refractivity contribution in [2.45, 2.75) is 29.7 Å². The van der Waals surface area contributed by atoms with Crippen molar-refractivity contribution < 1.29 is 4.39 Å². The minimum atomic E-state index is -0.201. The minimum Gasteiger partial charge on any atom is -0.310 e. The van der Waals surface area contributed by atoms with Crippen LogP contribution in [0.1, 0.15) is 25.5 Å². The molecule has 0 heterocycles. The van der Waals surface area contributed by atoms with Crippen molar-refractivity contribution in [2.75, 3.05) is 6.54 Å². The Balaban J connectivity index is 2.31. The van der Waals surface area contributed by atoms with Gasteiger partial charge in [0.25, 0.3) is 0 Å². The molecular weight excluding hydrogens is 337 g/mol. The van der Waals surface area contributed by atoms with Crippen LogP contribution < -0.4 is 5.32 Å². The van der Waals surface area contributed by atoms with Crippen molar-refractivity contribution in [2.24, 2.45) is 0 Å². The summed E-state index contributed by atoms with van der Waals surface area (Å²) in [4.78, 5) is 2.06. The van der Waals surface area contributed by atoms with Gasteiger partial charge in [-0.2, -0.15) is 0 Å². The zero-order valence-corrected chi connectivity index (χ0v) is 13.9. The summed E-state index contributed by atoms with van der Waals surface area (Å²) >= 11 is 5.11. The van der Waals surface area contributed by atoms with Crippen LogP contribution in [0.5, 0.6) is 0 Å². The maximum absolute atomic E-state index is 13.3. The van der Waals surface area contributed by atoms with E-state index in [-0.39, 0.29) is 11.9 Å². The number of hydrogen-bond donors (Lipinski definition) is 1. The molecule has 2 aromatic carbocycles. The zero-order chi connectivity index (χ0) is 14.5. The van der Waals surface area contributed by atoms with E-state index in [4.69, 9.17) is 0 Å². The summed E-state index contributed by atoms with van der Waals surface area (Å²) in [5, 5.41) is 3.42. The average molecular weight is 354 g/mol. The van der Waals surface area contributed by atoms with Crippen molar-refractivity contribution in [3.8, 4) is 0 Å². The van der Waals surface area contributed by atoms with Gasteiger partial charge < -0.3 is 5.32 Å². The van der Waals surface area contributed by atoms with Crippen LogP contribution in [-0.2, 0) is 0 Å². The van der Waals surface area contributed by atoms with Crippen molar-refractivity contribution >= 4 is 27.7 Å². The fourth-order valence-electron chi connectivity index (χ4n) is 2.02. The molecule has 0 aliphatic carbocycles. The Labute approximate surface area is 132 Å². The van der Waals surface area contributed by atoms with Gasteiger partial charge in [-0.05, 0) is 55.4 Å². The zero-order valence-electron chi connectivity index (χ0n) is 11.5. The van der Waals surface area contributed by atoms with E-state index in [0.29, 0.717) is 0 Å². The van der Waals surface area contributed by atoms with E-state index in [1.165, 1.54) is 11.6 Å². The summed E-state index contributed by atoms with van der Waals surface area (Å²) in [6.07, 6.45) is 0. The molecule has 0 saturated carbocycles. The number of hydrogen-bond acceptors (Lipinski definition) is 2. The lowest BCUT2D eigenvalue weighted by molar-refractivity contribution is 0.589. The van der Waals surface area contributed by atoms with Crippen LogP contribution in [0.15, 0.2) is 56.7 Å². The predicted octanol–water partition coefficient (Wildman–Crippen LogP) is 5.41. The molecule has 0 aliphatic heterocycles. The minimum absolute atomic E-state index is 0.201. The van der Waals surface area contributed by atoms with Gasteiger partial charge in [0.05, 0.1) is 0 Å². The standard InChI is InChI=1S/C16H17BrFNS/c1-3-19-11(2)15-9-12(17)7-8-16(15)20-14-6-4-5-13(18)10-14/h4-11,19H,3H2,1-2H3. The molecule has 2 rings (SSSR count). The smallest absolute Gasteiger partial charge is 0.124 e. The molecule has 0 amide bonds. The molecule has 20 heavy (non-hydrogen) atoms. The molecule has 0 aliphatic rings. The molecule has 0 radical (unpaired) electrons. The number of nitrogens with one attached hydrogen (secondary N) is 1. The highest BCUT2D eigenvalue weighted by Crippen LogP contribution is 2.35. The van der Waals surface area contributed by atoms with Crippen LogP contribution in [0.3, 0.4) is 0 Å². The lowest BCUT2D eigenvalue weighted by Gasteiger charge is -2.17. The Kier molecular flexibility index (Phi) is 5.64. The molecular formula is C16H17BrFNS. The van der Waals surface area contributed by atoms with E-state index < -0.39 is 0 Å². The van der Waals surface area contributed by atoms with Gasteiger partial charge in [0.15, 0.2) is 0 Å². The summed E-state index contributed by atoms with van der Waals surface area (Å²) in [6, 6.07) is 13.2. The molecule has 0 saturated heterocycles. The van der Waals surface area contributed by atoms with E-state index in [1.807, 2.05) is 12.1 Å². The lowest BCUT2D eigenvalue weighted by Crippen LogP contribution is -2.18. The summed E-state index contributed by atoms with van der Waals surface area (Å²) in [5.74, 6) is -0.201. The Hall–Kier alpha value is -0.840. The molecule has 4 heteroatoms. The topological polar surface area (TPSA) is 12.0 Å². The summed E-state index contributed by atoms with van der Waals surface area (Å²) in [5.41, 5.74) is 1.22. The first-order chi connectivity index (χ1) is 9.60. The van der Waals surface area contributed by atoms with Crippen LogP contribution in [0, 0.1) is 5.82 Å². The second-order valence-electron chi connectivity index (χ2n) is 4.52. The maximum atomic E-state index is 13.3. The maximum Gasteiger partial charge on any atom is 0.124 e. The molecule has 0 spiro atoms. The van der Waals surface area contributed by atoms with E-state index in [2.05, 4.69) is 47.2 Å². The second-order valence-corrected chi connectivity index (χ2v) is 6.55. The molecule has 1 N–H and O–H groups in total. The van der Waals surface area contributed by atoms with Crippen molar-refractivity contribution in [3.05, 3.63) is 58.3 Å². The van der Waals surface area contributed by atoms with Gasteiger partial charge in [0, 0.05) is 20.3 Å². The Morgan fingerprint density at radius 1 is 1.25 bits per heavy atom. The monoisotopic (exact) mass is 353 g/mol. The van der Waals surface area contributed by atoms with E-state index in [0.717, 1.165) is 20.8 Å². The molecule has 0 fully saturated rings. The number of rotatable bonds is 5. The van der Waals surface area contributed by atoms with Crippen LogP contribution >= 0.6 is 27.7 Å². The van der Waals surface area contributed by atoms with Crippen LogP contribution in [-0.4, -0.2) is 6.54 Å². The first-order valence-corrected chi connectivity index (χ1v) is 8.17. The SMILES string of the molecule is CCNC(C)c1cc(Br)ccc1Sc1cccc(F)c1. The average Bonchev–Trinajstić information content (AvgIpc) is 2.41. The van der Waals surface area contributed by atoms with Crippen LogP contribution in [0.2, 0.25) is 0 Å². The summed E-state index contributed by atoms with van der Waals surface area (Å²) < 4.78 is 14.3. The predicted molar refractivity (Wildman–Crippen MR) is 86.8 cm³/mol. The summed E-state index contributed by atoms with van der Waals surface area (Å²) in [7, 11) is 0. The van der Waals surface area contributed by atoms with Crippen molar-refractivity contribution in [1.29, 1.82) is 0 Å².